The van der Waals surface area contributed by atoms with Crippen LogP contribution in [0.15, 0.2) is 60.8 Å². The van der Waals surface area contributed by atoms with E-state index < -0.39 is 0 Å². The van der Waals surface area contributed by atoms with E-state index in [1.165, 1.54) is 10.9 Å². The molecule has 117 valence electrons. The molecule has 3 heteroatoms. The molecule has 3 nitrogen and oxygen atoms in total. The highest BCUT2D eigenvalue weighted by Gasteiger charge is 2.15. The van der Waals surface area contributed by atoms with Crippen LogP contribution < -0.4 is 5.32 Å². The fraction of sp³-hybridized carbons (Fsp3) is 0.200. The Kier molecular flexibility index (Phi) is 4.77. The molecule has 1 atom stereocenters. The third kappa shape index (κ3) is 3.81. The molecule has 2 aromatic carbocycles. The van der Waals surface area contributed by atoms with E-state index >= 15 is 0 Å². The number of hydrogen-bond donors (Lipinski definition) is 2. The Balaban J connectivity index is 1.53. The van der Waals surface area contributed by atoms with E-state index in [0.29, 0.717) is 13.0 Å². The molecule has 1 amide bonds. The summed E-state index contributed by atoms with van der Waals surface area (Å²) in [7, 11) is 0. The van der Waals surface area contributed by atoms with Crippen LogP contribution in [0, 0.1) is 12.8 Å². The maximum Gasteiger partial charge on any atom is 0.223 e. The van der Waals surface area contributed by atoms with Gasteiger partial charge in [0.2, 0.25) is 5.91 Å². The molecule has 0 saturated carbocycles. The average molecular weight is 305 g/mol. The van der Waals surface area contributed by atoms with Crippen molar-refractivity contribution in [2.75, 3.05) is 6.54 Å². The van der Waals surface area contributed by atoms with Crippen molar-refractivity contribution in [1.29, 1.82) is 0 Å². The number of benzene rings is 2. The van der Waals surface area contributed by atoms with Crippen LogP contribution in [0.3, 0.4) is 0 Å². The third-order valence-corrected chi connectivity index (χ3v) is 4.07. The van der Waals surface area contributed by atoms with Gasteiger partial charge in [-0.1, -0.05) is 48.5 Å². The highest BCUT2D eigenvalue weighted by molar-refractivity contribution is 5.85. The van der Waals surface area contributed by atoms with Gasteiger partial charge in [0.05, 0.1) is 0 Å². The first kappa shape index (κ1) is 15.3. The van der Waals surface area contributed by atoms with Crippen molar-refractivity contribution in [3.05, 3.63) is 78.8 Å². The van der Waals surface area contributed by atoms with Crippen LogP contribution in [0.25, 0.3) is 10.9 Å². The van der Waals surface area contributed by atoms with E-state index in [4.69, 9.17) is 0 Å². The van der Waals surface area contributed by atoms with Crippen molar-refractivity contribution in [2.24, 2.45) is 5.92 Å². The van der Waals surface area contributed by atoms with Gasteiger partial charge in [-0.2, -0.15) is 0 Å². The number of rotatable bonds is 6. The molecule has 0 aliphatic carbocycles. The molecule has 3 aromatic rings. The van der Waals surface area contributed by atoms with Crippen LogP contribution in [0.5, 0.6) is 0 Å². The van der Waals surface area contributed by atoms with E-state index in [1.807, 2.05) is 42.6 Å². The summed E-state index contributed by atoms with van der Waals surface area (Å²) in [5.41, 5.74) is 3.46. The lowest BCUT2D eigenvalue weighted by Gasteiger charge is -2.12. The van der Waals surface area contributed by atoms with Crippen LogP contribution >= 0.6 is 0 Å². The van der Waals surface area contributed by atoms with Crippen molar-refractivity contribution in [1.82, 2.24) is 10.3 Å². The first-order valence-corrected chi connectivity index (χ1v) is 7.94. The summed E-state index contributed by atoms with van der Waals surface area (Å²) in [5.74, 6) is -0.281. The molecule has 0 aliphatic rings. The second kappa shape index (κ2) is 7.14. The molecule has 0 bridgehead atoms. The topological polar surface area (TPSA) is 44.9 Å². The zero-order chi connectivity index (χ0) is 16.1. The minimum Gasteiger partial charge on any atom is -0.361 e. The van der Waals surface area contributed by atoms with Crippen molar-refractivity contribution in [3.8, 4) is 0 Å². The summed E-state index contributed by atoms with van der Waals surface area (Å²) < 4.78 is 0. The lowest BCUT2D eigenvalue weighted by molar-refractivity contribution is -0.123. The molecule has 0 saturated heterocycles. The molecule has 1 unspecified atom stereocenters. The van der Waals surface area contributed by atoms with E-state index in [2.05, 4.69) is 35.4 Å². The molecular formula is C20H21N2O. The molecule has 2 N–H and O–H groups in total. The summed E-state index contributed by atoms with van der Waals surface area (Å²) in [6, 6.07) is 18.3. The minimum atomic E-state index is -0.287. The maximum atomic E-state index is 12.2. The average Bonchev–Trinajstić information content (AvgIpc) is 2.99. The molecule has 0 spiro atoms. The predicted molar refractivity (Wildman–Crippen MR) is 94.0 cm³/mol. The Morgan fingerprint density at radius 3 is 2.65 bits per heavy atom. The van der Waals surface area contributed by atoms with Gasteiger partial charge >= 0.3 is 0 Å². The first-order valence-electron chi connectivity index (χ1n) is 7.94. The van der Waals surface area contributed by atoms with Gasteiger partial charge in [-0.05, 0) is 37.0 Å². The molecule has 23 heavy (non-hydrogen) atoms. The number of amides is 1. The normalized spacial score (nSPS) is 12.2. The van der Waals surface area contributed by atoms with Crippen LogP contribution in [0.1, 0.15) is 11.1 Å². The number of fused-ring (bicyclic) bond motifs is 1. The number of carbonyl (C=O) groups is 1. The standard InChI is InChI=1S/C20H21N2O/c1-15(13-17-14-22-19-10-6-5-9-18(17)19)20(23)21-12-11-16-7-3-2-4-8-16/h2-10,14-15,22H,1,11-13H2,(H,21,23). The smallest absolute Gasteiger partial charge is 0.223 e. The molecule has 3 rings (SSSR count). The van der Waals surface area contributed by atoms with Gasteiger partial charge in [-0.15, -0.1) is 0 Å². The largest absolute Gasteiger partial charge is 0.361 e. The lowest BCUT2D eigenvalue weighted by atomic mass is 10.00. The molecule has 1 aromatic heterocycles. The fourth-order valence-corrected chi connectivity index (χ4v) is 2.78. The predicted octanol–water partition coefficient (Wildman–Crippen LogP) is 3.52. The minimum absolute atomic E-state index is 0.00575. The highest BCUT2D eigenvalue weighted by atomic mass is 16.1. The second-order valence-electron chi connectivity index (χ2n) is 5.79. The van der Waals surface area contributed by atoms with Crippen LogP contribution in [0.4, 0.5) is 0 Å². The molecule has 0 aliphatic heterocycles. The highest BCUT2D eigenvalue weighted by Crippen LogP contribution is 2.20. The monoisotopic (exact) mass is 305 g/mol. The molecule has 0 fully saturated rings. The maximum absolute atomic E-state index is 12.2. The molecular weight excluding hydrogens is 284 g/mol. The van der Waals surface area contributed by atoms with Crippen molar-refractivity contribution in [3.63, 3.8) is 0 Å². The van der Waals surface area contributed by atoms with Gasteiger partial charge in [-0.3, -0.25) is 4.79 Å². The van der Waals surface area contributed by atoms with Gasteiger partial charge in [0.15, 0.2) is 0 Å². The summed E-state index contributed by atoms with van der Waals surface area (Å²) in [6.45, 7) is 4.66. The third-order valence-electron chi connectivity index (χ3n) is 4.07. The number of nitrogens with one attached hydrogen (secondary N) is 2. The SMILES string of the molecule is [CH2]C(Cc1c[nH]c2ccccc12)C(=O)NCCc1ccccc1. The molecule has 1 heterocycles. The van der Waals surface area contributed by atoms with E-state index in [9.17, 15) is 4.79 Å². The van der Waals surface area contributed by atoms with Crippen molar-refractivity contribution < 1.29 is 4.79 Å². The quantitative estimate of drug-likeness (QED) is 0.719. The molecule has 1 radical (unpaired) electrons. The Morgan fingerprint density at radius 1 is 1.09 bits per heavy atom. The van der Waals surface area contributed by atoms with Gasteiger partial charge < -0.3 is 10.3 Å². The van der Waals surface area contributed by atoms with Gasteiger partial charge in [0, 0.05) is 29.6 Å². The number of aromatic nitrogens is 1. The van der Waals surface area contributed by atoms with Gasteiger partial charge in [0.25, 0.3) is 0 Å². The van der Waals surface area contributed by atoms with E-state index in [-0.39, 0.29) is 11.8 Å². The van der Waals surface area contributed by atoms with Gasteiger partial charge in [-0.25, -0.2) is 0 Å². The number of aromatic amines is 1. The Labute approximate surface area is 136 Å². The lowest BCUT2D eigenvalue weighted by Crippen LogP contribution is -2.32. The van der Waals surface area contributed by atoms with E-state index in [0.717, 1.165) is 17.5 Å². The number of H-pyrrole nitrogens is 1. The van der Waals surface area contributed by atoms with Crippen molar-refractivity contribution in [2.45, 2.75) is 12.8 Å². The Bertz CT molecular complexity index is 776. The summed E-state index contributed by atoms with van der Waals surface area (Å²) in [6.07, 6.45) is 3.45. The summed E-state index contributed by atoms with van der Waals surface area (Å²) >= 11 is 0. The zero-order valence-corrected chi connectivity index (χ0v) is 13.1. The number of para-hydroxylation sites is 1. The van der Waals surface area contributed by atoms with Crippen LogP contribution in [-0.2, 0) is 17.6 Å². The van der Waals surface area contributed by atoms with Gasteiger partial charge in [0.1, 0.15) is 0 Å². The van der Waals surface area contributed by atoms with Crippen LogP contribution in [-0.4, -0.2) is 17.4 Å². The Hall–Kier alpha value is -2.55. The first-order chi connectivity index (χ1) is 11.2. The summed E-state index contributed by atoms with van der Waals surface area (Å²) in [5, 5.41) is 4.14. The number of carbonyl (C=O) groups excluding carboxylic acids is 1. The Morgan fingerprint density at radius 2 is 1.83 bits per heavy atom. The zero-order valence-electron chi connectivity index (χ0n) is 13.1. The fourth-order valence-electron chi connectivity index (χ4n) is 2.78. The van der Waals surface area contributed by atoms with E-state index in [1.54, 1.807) is 0 Å². The second-order valence-corrected chi connectivity index (χ2v) is 5.79. The summed E-state index contributed by atoms with van der Waals surface area (Å²) in [4.78, 5) is 15.4. The van der Waals surface area contributed by atoms with Crippen molar-refractivity contribution >= 4 is 16.8 Å². The number of hydrogen-bond acceptors (Lipinski definition) is 1. The van der Waals surface area contributed by atoms with Crippen LogP contribution in [0.2, 0.25) is 0 Å².